The predicted molar refractivity (Wildman–Crippen MR) is 84.1 cm³/mol. The zero-order valence-electron chi connectivity index (χ0n) is 13.0. The molecule has 7 nitrogen and oxygen atoms in total. The van der Waals surface area contributed by atoms with E-state index in [0.717, 1.165) is 19.3 Å². The summed E-state index contributed by atoms with van der Waals surface area (Å²) in [5, 5.41) is 0. The minimum absolute atomic E-state index is 0.0967. The highest BCUT2D eigenvalue weighted by atomic mass is 32.2. The van der Waals surface area contributed by atoms with Crippen LogP contribution in [-0.4, -0.2) is 23.7 Å². The molecule has 0 aromatic carbocycles. The Balaban J connectivity index is 2.06. The average molecular weight is 329 g/mol. The van der Waals surface area contributed by atoms with Crippen LogP contribution in [0.5, 0.6) is 0 Å². The first-order valence-electron chi connectivity index (χ1n) is 7.62. The SMILES string of the molecule is CCn1cc(CNS(=O)(=O)C[C@@H]2CCC[C@H]2C)c(=O)[nH]c1=O. The summed E-state index contributed by atoms with van der Waals surface area (Å²) in [6.07, 6.45) is 4.48. The van der Waals surface area contributed by atoms with Crippen LogP contribution in [0.4, 0.5) is 0 Å². The van der Waals surface area contributed by atoms with Gasteiger partial charge in [0.2, 0.25) is 10.0 Å². The van der Waals surface area contributed by atoms with Gasteiger partial charge in [-0.05, 0) is 25.2 Å². The molecule has 2 N–H and O–H groups in total. The maximum atomic E-state index is 12.1. The van der Waals surface area contributed by atoms with Gasteiger partial charge < -0.3 is 4.57 Å². The molecular formula is C14H23N3O4S. The van der Waals surface area contributed by atoms with Crippen LogP contribution in [0.2, 0.25) is 0 Å². The molecule has 0 radical (unpaired) electrons. The van der Waals surface area contributed by atoms with Crippen LogP contribution < -0.4 is 16.0 Å². The van der Waals surface area contributed by atoms with E-state index < -0.39 is 21.3 Å². The lowest BCUT2D eigenvalue weighted by atomic mass is 10.0. The fraction of sp³-hybridized carbons (Fsp3) is 0.714. The first kappa shape index (κ1) is 17.0. The van der Waals surface area contributed by atoms with Gasteiger partial charge in [0, 0.05) is 24.8 Å². The summed E-state index contributed by atoms with van der Waals surface area (Å²) in [6, 6.07) is 0. The summed E-state index contributed by atoms with van der Waals surface area (Å²) in [5.41, 5.74) is -0.796. The lowest BCUT2D eigenvalue weighted by Gasteiger charge is -2.15. The van der Waals surface area contributed by atoms with Crippen LogP contribution in [0.15, 0.2) is 15.8 Å². The van der Waals surface area contributed by atoms with Gasteiger partial charge in [-0.3, -0.25) is 9.78 Å². The molecule has 0 aliphatic heterocycles. The van der Waals surface area contributed by atoms with Crippen LogP contribution >= 0.6 is 0 Å². The molecule has 1 aromatic heterocycles. The van der Waals surface area contributed by atoms with Gasteiger partial charge in [-0.1, -0.05) is 19.8 Å². The Labute approximate surface area is 129 Å². The van der Waals surface area contributed by atoms with Gasteiger partial charge in [0.1, 0.15) is 0 Å². The monoisotopic (exact) mass is 329 g/mol. The van der Waals surface area contributed by atoms with Gasteiger partial charge in [-0.2, -0.15) is 0 Å². The van der Waals surface area contributed by atoms with Crippen molar-refractivity contribution >= 4 is 10.0 Å². The molecule has 1 aliphatic carbocycles. The fourth-order valence-corrected chi connectivity index (χ4v) is 4.47. The molecule has 0 bridgehead atoms. The molecule has 1 heterocycles. The van der Waals surface area contributed by atoms with Gasteiger partial charge in [-0.25, -0.2) is 17.9 Å². The highest BCUT2D eigenvalue weighted by Crippen LogP contribution is 2.31. The lowest BCUT2D eigenvalue weighted by Crippen LogP contribution is -2.36. The van der Waals surface area contributed by atoms with Crippen molar-refractivity contribution < 1.29 is 8.42 Å². The van der Waals surface area contributed by atoms with Crippen molar-refractivity contribution in [2.45, 2.75) is 46.2 Å². The molecule has 1 fully saturated rings. The Hall–Kier alpha value is -1.41. The van der Waals surface area contributed by atoms with Crippen LogP contribution in [0.3, 0.4) is 0 Å². The molecule has 0 amide bonds. The minimum Gasteiger partial charge on any atom is -0.301 e. The largest absolute Gasteiger partial charge is 0.328 e. The topological polar surface area (TPSA) is 101 Å². The summed E-state index contributed by atoms with van der Waals surface area (Å²) >= 11 is 0. The van der Waals surface area contributed by atoms with E-state index in [1.54, 1.807) is 6.92 Å². The van der Waals surface area contributed by atoms with Crippen molar-refractivity contribution in [1.29, 1.82) is 0 Å². The van der Waals surface area contributed by atoms with Gasteiger partial charge in [0.05, 0.1) is 5.75 Å². The molecule has 1 aliphatic rings. The van der Waals surface area contributed by atoms with E-state index >= 15 is 0 Å². The highest BCUT2D eigenvalue weighted by Gasteiger charge is 2.28. The molecule has 8 heteroatoms. The summed E-state index contributed by atoms with van der Waals surface area (Å²) in [5.74, 6) is 0.696. The number of rotatable bonds is 6. The van der Waals surface area contributed by atoms with E-state index in [0.29, 0.717) is 12.5 Å². The molecule has 1 aromatic rings. The van der Waals surface area contributed by atoms with Crippen LogP contribution in [0.25, 0.3) is 0 Å². The minimum atomic E-state index is -3.43. The fourth-order valence-electron chi connectivity index (χ4n) is 2.91. The van der Waals surface area contributed by atoms with Gasteiger partial charge >= 0.3 is 5.69 Å². The summed E-state index contributed by atoms with van der Waals surface area (Å²) in [7, 11) is -3.43. The second-order valence-corrected chi connectivity index (χ2v) is 7.82. The molecule has 0 saturated heterocycles. The van der Waals surface area contributed by atoms with Crippen molar-refractivity contribution in [2.75, 3.05) is 5.75 Å². The van der Waals surface area contributed by atoms with E-state index in [1.165, 1.54) is 10.8 Å². The highest BCUT2D eigenvalue weighted by molar-refractivity contribution is 7.89. The van der Waals surface area contributed by atoms with E-state index in [4.69, 9.17) is 0 Å². The van der Waals surface area contributed by atoms with Crippen LogP contribution in [0.1, 0.15) is 38.7 Å². The van der Waals surface area contributed by atoms with Crippen molar-refractivity contribution in [3.05, 3.63) is 32.6 Å². The third-order valence-corrected chi connectivity index (χ3v) is 5.83. The Morgan fingerprint density at radius 3 is 2.68 bits per heavy atom. The number of H-pyrrole nitrogens is 1. The first-order chi connectivity index (χ1) is 10.3. The van der Waals surface area contributed by atoms with Crippen LogP contribution in [0, 0.1) is 11.8 Å². The normalized spacial score (nSPS) is 22.1. The molecular weight excluding hydrogens is 306 g/mol. The number of nitrogens with zero attached hydrogens (tertiary/aromatic N) is 1. The molecule has 2 rings (SSSR count). The maximum Gasteiger partial charge on any atom is 0.328 e. The second-order valence-electron chi connectivity index (χ2n) is 5.97. The number of hydrogen-bond donors (Lipinski definition) is 2. The van der Waals surface area contributed by atoms with Gasteiger partial charge in [0.15, 0.2) is 0 Å². The lowest BCUT2D eigenvalue weighted by molar-refractivity contribution is 0.450. The van der Waals surface area contributed by atoms with E-state index in [1.807, 2.05) is 0 Å². The Morgan fingerprint density at radius 2 is 2.09 bits per heavy atom. The standard InChI is InChI=1S/C14H23N3O4S/c1-3-17-8-12(13(18)16-14(17)19)7-15-22(20,21)9-11-6-4-5-10(11)2/h8,10-11,15H,3-7,9H2,1-2H3,(H,16,18,19)/t10-,11+/m1/s1. The van der Waals surface area contributed by atoms with Crippen molar-refractivity contribution in [3.8, 4) is 0 Å². The van der Waals surface area contributed by atoms with Gasteiger partial charge in [-0.15, -0.1) is 0 Å². The van der Waals surface area contributed by atoms with Crippen molar-refractivity contribution in [3.63, 3.8) is 0 Å². The van der Waals surface area contributed by atoms with E-state index in [2.05, 4.69) is 16.6 Å². The van der Waals surface area contributed by atoms with E-state index in [9.17, 15) is 18.0 Å². The molecule has 124 valence electrons. The number of hydrogen-bond acceptors (Lipinski definition) is 4. The van der Waals surface area contributed by atoms with Crippen LogP contribution in [-0.2, 0) is 23.1 Å². The summed E-state index contributed by atoms with van der Waals surface area (Å²) in [6.45, 7) is 4.16. The molecule has 0 spiro atoms. The number of aromatic amines is 1. The van der Waals surface area contributed by atoms with E-state index in [-0.39, 0.29) is 23.8 Å². The number of aryl methyl sites for hydroxylation is 1. The molecule has 2 atom stereocenters. The van der Waals surface area contributed by atoms with Crippen molar-refractivity contribution in [1.82, 2.24) is 14.3 Å². The zero-order chi connectivity index (χ0) is 16.3. The smallest absolute Gasteiger partial charge is 0.301 e. The average Bonchev–Trinajstić information content (AvgIpc) is 2.82. The Bertz CT molecular complexity index is 735. The second kappa shape index (κ2) is 6.78. The molecule has 22 heavy (non-hydrogen) atoms. The van der Waals surface area contributed by atoms with Crippen molar-refractivity contribution in [2.24, 2.45) is 11.8 Å². The Kier molecular flexibility index (Phi) is 5.23. The third kappa shape index (κ3) is 4.07. The summed E-state index contributed by atoms with van der Waals surface area (Å²) in [4.78, 5) is 25.4. The molecule has 1 saturated carbocycles. The quantitative estimate of drug-likeness (QED) is 0.789. The Morgan fingerprint density at radius 1 is 1.36 bits per heavy atom. The zero-order valence-corrected chi connectivity index (χ0v) is 13.8. The molecule has 0 unspecified atom stereocenters. The predicted octanol–water partition coefficient (Wildman–Crippen LogP) is 0.412. The first-order valence-corrected chi connectivity index (χ1v) is 9.27. The third-order valence-electron chi connectivity index (χ3n) is 4.38. The number of nitrogens with one attached hydrogen (secondary N) is 2. The van der Waals surface area contributed by atoms with Gasteiger partial charge in [0.25, 0.3) is 5.56 Å². The summed E-state index contributed by atoms with van der Waals surface area (Å²) < 4.78 is 28.1. The number of aromatic nitrogens is 2. The maximum absolute atomic E-state index is 12.1. The number of sulfonamides is 1.